The van der Waals surface area contributed by atoms with Gasteiger partial charge in [0.05, 0.1) is 17.0 Å². The first-order valence-corrected chi connectivity index (χ1v) is 14.8. The van der Waals surface area contributed by atoms with Crippen LogP contribution in [0.15, 0.2) is 84.0 Å². The molecule has 0 fully saturated rings. The normalized spacial score (nSPS) is 12.8. The molecule has 5 aromatic rings. The molecule has 5 rings (SSSR count). The number of aromatic nitrogens is 3. The van der Waals surface area contributed by atoms with Gasteiger partial charge in [-0.15, -0.1) is 11.8 Å². The van der Waals surface area contributed by atoms with Gasteiger partial charge in [-0.1, -0.05) is 51.1 Å². The average Bonchev–Trinajstić information content (AvgIpc) is 3.33. The van der Waals surface area contributed by atoms with Crippen molar-refractivity contribution in [3.63, 3.8) is 0 Å². The number of hydrogen-bond donors (Lipinski definition) is 2. The summed E-state index contributed by atoms with van der Waals surface area (Å²) in [6, 6.07) is 18.8. The highest BCUT2D eigenvalue weighted by atomic mass is 32.2. The number of H-pyrrole nitrogens is 1. The van der Waals surface area contributed by atoms with Gasteiger partial charge in [0.1, 0.15) is 18.3 Å². The van der Waals surface area contributed by atoms with E-state index in [0.717, 1.165) is 44.9 Å². The van der Waals surface area contributed by atoms with E-state index in [4.69, 9.17) is 4.74 Å². The van der Waals surface area contributed by atoms with Crippen molar-refractivity contribution < 1.29 is 27.8 Å². The summed E-state index contributed by atoms with van der Waals surface area (Å²) in [6.07, 6.45) is -1.72. The molecule has 228 valence electrons. The summed E-state index contributed by atoms with van der Waals surface area (Å²) in [7, 11) is 0. The minimum atomic E-state index is -4.46. The highest BCUT2D eigenvalue weighted by molar-refractivity contribution is 8.00. The number of alkyl halides is 3. The first-order valence-electron chi connectivity index (χ1n) is 14.0. The smallest absolute Gasteiger partial charge is 0.417 e. The van der Waals surface area contributed by atoms with E-state index in [1.165, 1.54) is 6.07 Å². The molecule has 0 bridgehead atoms. The van der Waals surface area contributed by atoms with Gasteiger partial charge in [0.15, 0.2) is 0 Å². The van der Waals surface area contributed by atoms with Crippen LogP contribution in [0.4, 0.5) is 13.2 Å². The summed E-state index contributed by atoms with van der Waals surface area (Å²) in [5.41, 5.74) is 4.15. The Morgan fingerprint density at radius 2 is 1.75 bits per heavy atom. The Hall–Kier alpha value is -4.31. The highest BCUT2D eigenvalue weighted by Crippen LogP contribution is 2.45. The lowest BCUT2D eigenvalue weighted by molar-refractivity contribution is -0.139. The quantitative estimate of drug-likeness (QED) is 0.160. The number of carbonyl (C=O) groups is 1. The molecule has 44 heavy (non-hydrogen) atoms. The number of nitrogens with zero attached hydrogens (tertiary/aromatic N) is 2. The van der Waals surface area contributed by atoms with Crippen molar-refractivity contribution in [3.8, 4) is 17.0 Å². The molecule has 3 aromatic heterocycles. The number of benzene rings is 2. The number of halogens is 3. The summed E-state index contributed by atoms with van der Waals surface area (Å²) in [4.78, 5) is 25.3. The Morgan fingerprint density at radius 1 is 1.00 bits per heavy atom. The third-order valence-electron chi connectivity index (χ3n) is 7.09. The van der Waals surface area contributed by atoms with Crippen LogP contribution in [0.1, 0.15) is 54.8 Å². The van der Waals surface area contributed by atoms with Gasteiger partial charge in [-0.2, -0.15) is 13.2 Å². The van der Waals surface area contributed by atoms with Crippen molar-refractivity contribution in [1.29, 1.82) is 0 Å². The number of pyridine rings is 2. The van der Waals surface area contributed by atoms with E-state index in [9.17, 15) is 23.1 Å². The van der Waals surface area contributed by atoms with Crippen LogP contribution >= 0.6 is 11.8 Å². The van der Waals surface area contributed by atoms with Crippen molar-refractivity contribution in [2.45, 2.75) is 62.5 Å². The molecule has 2 aromatic carbocycles. The molecule has 0 radical (unpaired) electrons. The number of fused-ring (bicyclic) bond motifs is 1. The van der Waals surface area contributed by atoms with E-state index in [1.807, 2.05) is 37.3 Å². The van der Waals surface area contributed by atoms with Crippen molar-refractivity contribution in [2.24, 2.45) is 0 Å². The second-order valence-electron chi connectivity index (χ2n) is 11.5. The number of aromatic amines is 1. The highest BCUT2D eigenvalue weighted by Gasteiger charge is 2.31. The predicted octanol–water partition coefficient (Wildman–Crippen LogP) is 8.83. The van der Waals surface area contributed by atoms with E-state index in [0.29, 0.717) is 29.3 Å². The fourth-order valence-electron chi connectivity index (χ4n) is 4.97. The van der Waals surface area contributed by atoms with Crippen LogP contribution in [-0.4, -0.2) is 30.8 Å². The maximum Gasteiger partial charge on any atom is 0.417 e. The Balaban J connectivity index is 1.46. The Morgan fingerprint density at radius 3 is 2.34 bits per heavy atom. The molecule has 0 aliphatic carbocycles. The molecular weight excluding hydrogens is 587 g/mol. The molecule has 1 atom stereocenters. The topological polar surface area (TPSA) is 88.1 Å². The zero-order valence-corrected chi connectivity index (χ0v) is 25.5. The number of aryl methyl sites for hydroxylation is 1. The van der Waals surface area contributed by atoms with E-state index >= 15 is 0 Å². The number of ether oxygens (including phenoxy) is 1. The second kappa shape index (κ2) is 12.4. The molecule has 10 heteroatoms. The molecule has 6 nitrogen and oxygen atoms in total. The van der Waals surface area contributed by atoms with Gasteiger partial charge in [-0.05, 0) is 55.3 Å². The molecule has 0 spiro atoms. The zero-order valence-electron chi connectivity index (χ0n) is 24.7. The summed E-state index contributed by atoms with van der Waals surface area (Å²) in [6.45, 7) is 8.54. The molecule has 0 amide bonds. The number of thioether (sulfide) groups is 1. The largest absolute Gasteiger partial charge is 0.487 e. The summed E-state index contributed by atoms with van der Waals surface area (Å²) in [5, 5.41) is 11.4. The first-order chi connectivity index (χ1) is 20.8. The fraction of sp³-hybridized carbons (Fsp3) is 0.265. The van der Waals surface area contributed by atoms with Crippen molar-refractivity contribution in [3.05, 3.63) is 107 Å². The molecule has 1 unspecified atom stereocenters. The number of aliphatic carboxylic acids is 1. The minimum Gasteiger partial charge on any atom is -0.487 e. The van der Waals surface area contributed by atoms with Gasteiger partial charge >= 0.3 is 12.1 Å². The van der Waals surface area contributed by atoms with E-state index in [2.05, 4.69) is 35.7 Å². The maximum atomic E-state index is 12.9. The van der Waals surface area contributed by atoms with Crippen LogP contribution in [0.2, 0.25) is 0 Å². The molecule has 0 aliphatic heterocycles. The SMILES string of the molecule is Cc1c(OCc2ccccn2)ccc2[nH]c(C(Cc3ccc(-c4ccc(C(F)(F)F)cn4)cc3)C(=O)O)c(SC(C)(C)C)c12. The summed E-state index contributed by atoms with van der Waals surface area (Å²) in [5.74, 6) is -1.14. The zero-order chi connectivity index (χ0) is 31.6. The summed E-state index contributed by atoms with van der Waals surface area (Å²) < 4.78 is 44.7. The number of rotatable bonds is 9. The van der Waals surface area contributed by atoms with Crippen molar-refractivity contribution in [1.82, 2.24) is 15.0 Å². The second-order valence-corrected chi connectivity index (χ2v) is 13.4. The van der Waals surface area contributed by atoms with Gasteiger partial charge in [0, 0.05) is 49.8 Å². The van der Waals surface area contributed by atoms with Gasteiger partial charge < -0.3 is 14.8 Å². The number of nitrogens with one attached hydrogen (secondary N) is 1. The van der Waals surface area contributed by atoms with Crippen LogP contribution in [0.25, 0.3) is 22.2 Å². The monoisotopic (exact) mass is 619 g/mol. The van der Waals surface area contributed by atoms with Crippen LogP contribution < -0.4 is 4.74 Å². The van der Waals surface area contributed by atoms with Crippen molar-refractivity contribution in [2.75, 3.05) is 0 Å². The molecule has 2 N–H and O–H groups in total. The molecule has 3 heterocycles. The van der Waals surface area contributed by atoms with Gasteiger partial charge in [0.2, 0.25) is 0 Å². The Kier molecular flexibility index (Phi) is 8.74. The van der Waals surface area contributed by atoms with Crippen LogP contribution in [0.5, 0.6) is 5.75 Å². The van der Waals surface area contributed by atoms with Crippen LogP contribution in [0, 0.1) is 6.92 Å². The third-order valence-corrected chi connectivity index (χ3v) is 8.33. The maximum absolute atomic E-state index is 12.9. The molecular formula is C34H32F3N3O3S. The number of carboxylic acids is 1. The number of hydrogen-bond acceptors (Lipinski definition) is 5. The first kappa shape index (κ1) is 31.1. The lowest BCUT2D eigenvalue weighted by Gasteiger charge is -2.21. The average molecular weight is 620 g/mol. The van der Waals surface area contributed by atoms with Gasteiger partial charge in [-0.3, -0.25) is 14.8 Å². The van der Waals surface area contributed by atoms with E-state index < -0.39 is 23.6 Å². The van der Waals surface area contributed by atoms with Crippen LogP contribution in [0.3, 0.4) is 0 Å². The lowest BCUT2D eigenvalue weighted by Crippen LogP contribution is -2.17. The fourth-order valence-corrected chi connectivity index (χ4v) is 6.25. The predicted molar refractivity (Wildman–Crippen MR) is 166 cm³/mol. The van der Waals surface area contributed by atoms with E-state index in [1.54, 1.807) is 42.2 Å². The standard InChI is InChI=1S/C34H32F3N3O3S/c1-20-28(43-19-24-7-5-6-16-38-24)15-14-27-29(20)31(44-33(2,3)4)30(40-27)25(32(41)42)17-21-8-10-22(11-9-21)26-13-12-23(18-39-26)34(35,36)37/h5-16,18,25,40H,17,19H2,1-4H3,(H,41,42). The van der Waals surface area contributed by atoms with Crippen molar-refractivity contribution >= 4 is 28.6 Å². The van der Waals surface area contributed by atoms with E-state index in [-0.39, 0.29) is 11.2 Å². The number of carboxylic acid groups (broad SMARTS) is 1. The minimum absolute atomic E-state index is 0.208. The lowest BCUT2D eigenvalue weighted by atomic mass is 9.95. The third kappa shape index (κ3) is 7.07. The summed E-state index contributed by atoms with van der Waals surface area (Å²) >= 11 is 1.61. The van der Waals surface area contributed by atoms with Gasteiger partial charge in [-0.25, -0.2) is 0 Å². The molecule has 0 aliphatic rings. The molecule has 0 saturated carbocycles. The molecule has 0 saturated heterocycles. The van der Waals surface area contributed by atoms with Crippen LogP contribution in [-0.2, 0) is 24.0 Å². The van der Waals surface area contributed by atoms with Gasteiger partial charge in [0.25, 0.3) is 0 Å². The Bertz CT molecular complexity index is 1760. The Labute approximate surface area is 257 Å².